The van der Waals surface area contributed by atoms with Crippen LogP contribution in [0.15, 0.2) is 85.3 Å². The summed E-state index contributed by atoms with van der Waals surface area (Å²) in [6, 6.07) is 21.2. The molecule has 2 heterocycles. The first-order valence-electron chi connectivity index (χ1n) is 8.78. The molecule has 2 aromatic heterocycles. The summed E-state index contributed by atoms with van der Waals surface area (Å²) in [5.41, 5.74) is 1.96. The number of nitrogens with zero attached hydrogens (tertiary/aromatic N) is 4. The van der Waals surface area contributed by atoms with Crippen LogP contribution in [0.2, 0.25) is 0 Å². The molecule has 4 aromatic rings. The maximum absolute atomic E-state index is 5.80. The van der Waals surface area contributed by atoms with Crippen molar-refractivity contribution < 1.29 is 4.74 Å². The van der Waals surface area contributed by atoms with Crippen molar-refractivity contribution in [2.24, 2.45) is 0 Å². The highest BCUT2D eigenvalue weighted by atomic mass is 16.5. The highest BCUT2D eigenvalue weighted by Gasteiger charge is 2.03. The summed E-state index contributed by atoms with van der Waals surface area (Å²) in [4.78, 5) is 8.43. The molecule has 28 heavy (non-hydrogen) atoms. The average Bonchev–Trinajstić information content (AvgIpc) is 2.76. The van der Waals surface area contributed by atoms with Gasteiger partial charge in [0.2, 0.25) is 5.95 Å². The first-order chi connectivity index (χ1) is 13.8. The third-order valence-electron chi connectivity index (χ3n) is 3.86. The second kappa shape index (κ2) is 8.59. The average molecular weight is 370 g/mol. The molecule has 0 spiro atoms. The number of nitrogens with one attached hydrogen (secondary N) is 2. The minimum Gasteiger partial charge on any atom is -0.457 e. The van der Waals surface area contributed by atoms with Gasteiger partial charge in [0.1, 0.15) is 11.5 Å². The number of para-hydroxylation sites is 1. The first-order valence-corrected chi connectivity index (χ1v) is 8.78. The highest BCUT2D eigenvalue weighted by molar-refractivity contribution is 5.57. The molecule has 0 unspecified atom stereocenters. The fourth-order valence-corrected chi connectivity index (χ4v) is 2.50. The van der Waals surface area contributed by atoms with Crippen molar-refractivity contribution in [2.45, 2.75) is 6.54 Å². The Bertz CT molecular complexity index is 1010. The van der Waals surface area contributed by atoms with Crippen molar-refractivity contribution in [3.8, 4) is 11.5 Å². The Morgan fingerprint density at radius 3 is 2.36 bits per heavy atom. The summed E-state index contributed by atoms with van der Waals surface area (Å²) in [5, 5.41) is 14.4. The second-order valence-electron chi connectivity index (χ2n) is 5.94. The Labute approximate surface area is 162 Å². The normalized spacial score (nSPS) is 10.3. The van der Waals surface area contributed by atoms with Crippen LogP contribution in [0.3, 0.4) is 0 Å². The largest absolute Gasteiger partial charge is 0.457 e. The number of aromatic nitrogens is 4. The monoisotopic (exact) mass is 370 g/mol. The lowest BCUT2D eigenvalue weighted by Crippen LogP contribution is -2.06. The summed E-state index contributed by atoms with van der Waals surface area (Å²) < 4.78 is 5.80. The number of anilines is 3. The molecule has 0 atom stereocenters. The summed E-state index contributed by atoms with van der Waals surface area (Å²) in [6.07, 6.45) is 5.07. The molecule has 7 nitrogen and oxygen atoms in total. The molecule has 4 rings (SSSR count). The lowest BCUT2D eigenvalue weighted by molar-refractivity contribution is 0.483. The smallest absolute Gasteiger partial charge is 0.244 e. The Hall–Kier alpha value is -4.00. The van der Waals surface area contributed by atoms with Crippen molar-refractivity contribution >= 4 is 17.5 Å². The van der Waals surface area contributed by atoms with Crippen molar-refractivity contribution in [1.29, 1.82) is 0 Å². The van der Waals surface area contributed by atoms with Gasteiger partial charge in [-0.1, -0.05) is 18.2 Å². The molecule has 7 heteroatoms. The van der Waals surface area contributed by atoms with E-state index in [-0.39, 0.29) is 0 Å². The van der Waals surface area contributed by atoms with Crippen LogP contribution in [0.5, 0.6) is 11.5 Å². The maximum atomic E-state index is 5.80. The van der Waals surface area contributed by atoms with Crippen molar-refractivity contribution in [2.75, 3.05) is 10.6 Å². The molecule has 2 N–H and O–H groups in total. The number of benzene rings is 2. The van der Waals surface area contributed by atoms with E-state index in [2.05, 4.69) is 30.8 Å². The molecular formula is C21H18N6O. The quantitative estimate of drug-likeness (QED) is 0.498. The second-order valence-corrected chi connectivity index (χ2v) is 5.94. The Morgan fingerprint density at radius 1 is 0.821 bits per heavy atom. The lowest BCUT2D eigenvalue weighted by Gasteiger charge is -2.09. The van der Waals surface area contributed by atoms with E-state index in [1.807, 2.05) is 66.7 Å². The molecule has 0 fully saturated rings. The van der Waals surface area contributed by atoms with E-state index >= 15 is 0 Å². The number of hydrogen-bond acceptors (Lipinski definition) is 7. The van der Waals surface area contributed by atoms with E-state index in [0.717, 1.165) is 22.7 Å². The van der Waals surface area contributed by atoms with Gasteiger partial charge in [0.05, 0.1) is 6.20 Å². The van der Waals surface area contributed by atoms with E-state index in [1.165, 1.54) is 0 Å². The summed E-state index contributed by atoms with van der Waals surface area (Å²) in [5.74, 6) is 2.61. The zero-order valence-electron chi connectivity index (χ0n) is 15.0. The van der Waals surface area contributed by atoms with Crippen LogP contribution in [0.25, 0.3) is 0 Å². The molecule has 138 valence electrons. The fourth-order valence-electron chi connectivity index (χ4n) is 2.50. The van der Waals surface area contributed by atoms with Gasteiger partial charge in [-0.05, 0) is 54.1 Å². The van der Waals surface area contributed by atoms with E-state index in [1.54, 1.807) is 18.6 Å². The van der Waals surface area contributed by atoms with Gasteiger partial charge < -0.3 is 15.4 Å². The van der Waals surface area contributed by atoms with Crippen molar-refractivity contribution in [3.63, 3.8) is 0 Å². The molecule has 0 aliphatic heterocycles. The SMILES string of the molecule is c1ccc(Oc2ccc(Nc3cnnc(NCc4ccncc4)n3)cc2)cc1. The predicted octanol–water partition coefficient (Wildman–Crippen LogP) is 4.41. The van der Waals surface area contributed by atoms with Crippen molar-refractivity contribution in [1.82, 2.24) is 20.2 Å². The zero-order valence-corrected chi connectivity index (χ0v) is 15.0. The van der Waals surface area contributed by atoms with E-state index in [9.17, 15) is 0 Å². The van der Waals surface area contributed by atoms with Crippen LogP contribution in [0, 0.1) is 0 Å². The third kappa shape index (κ3) is 4.79. The van der Waals surface area contributed by atoms with Crippen LogP contribution < -0.4 is 15.4 Å². The van der Waals surface area contributed by atoms with Crippen LogP contribution in [-0.2, 0) is 6.54 Å². The van der Waals surface area contributed by atoms with Gasteiger partial charge in [0, 0.05) is 24.6 Å². The standard InChI is InChI=1S/C21H18N6O/c1-2-4-18(5-3-1)28-19-8-6-17(7-9-19)25-20-15-24-27-21(26-20)23-14-16-10-12-22-13-11-16/h1-13,15H,14H2,(H2,23,25,26,27). The van der Waals surface area contributed by atoms with Crippen LogP contribution in [-0.4, -0.2) is 20.2 Å². The number of ether oxygens (including phenoxy) is 1. The molecule has 0 aliphatic carbocycles. The molecule has 2 aromatic carbocycles. The van der Waals surface area contributed by atoms with E-state index in [4.69, 9.17) is 4.74 Å². The van der Waals surface area contributed by atoms with Gasteiger partial charge >= 0.3 is 0 Å². The lowest BCUT2D eigenvalue weighted by atomic mass is 10.3. The van der Waals surface area contributed by atoms with Crippen molar-refractivity contribution in [3.05, 3.63) is 90.9 Å². The van der Waals surface area contributed by atoms with Gasteiger partial charge in [-0.15, -0.1) is 5.10 Å². The molecule has 0 radical (unpaired) electrons. The number of pyridine rings is 1. The fraction of sp³-hybridized carbons (Fsp3) is 0.0476. The van der Waals surface area contributed by atoms with Gasteiger partial charge in [-0.25, -0.2) is 0 Å². The van der Waals surface area contributed by atoms with Gasteiger partial charge in [0.15, 0.2) is 5.82 Å². The van der Waals surface area contributed by atoms with Crippen LogP contribution in [0.1, 0.15) is 5.56 Å². The van der Waals surface area contributed by atoms with E-state index in [0.29, 0.717) is 18.3 Å². The molecular weight excluding hydrogens is 352 g/mol. The highest BCUT2D eigenvalue weighted by Crippen LogP contribution is 2.23. The third-order valence-corrected chi connectivity index (χ3v) is 3.86. The zero-order chi connectivity index (χ0) is 19.0. The molecule has 0 amide bonds. The Morgan fingerprint density at radius 2 is 1.57 bits per heavy atom. The predicted molar refractivity (Wildman–Crippen MR) is 108 cm³/mol. The van der Waals surface area contributed by atoms with Crippen LogP contribution in [0.4, 0.5) is 17.5 Å². The number of hydrogen-bond donors (Lipinski definition) is 2. The Kier molecular flexibility index (Phi) is 5.34. The molecule has 0 aliphatic rings. The molecule has 0 bridgehead atoms. The summed E-state index contributed by atoms with van der Waals surface area (Å²) >= 11 is 0. The number of rotatable bonds is 7. The maximum Gasteiger partial charge on any atom is 0.244 e. The topological polar surface area (TPSA) is 84.9 Å². The minimum atomic E-state index is 0.450. The Balaban J connectivity index is 1.37. The van der Waals surface area contributed by atoms with E-state index < -0.39 is 0 Å². The molecule has 0 saturated heterocycles. The minimum absolute atomic E-state index is 0.450. The van der Waals surface area contributed by atoms with Gasteiger partial charge in [-0.2, -0.15) is 10.1 Å². The summed E-state index contributed by atoms with van der Waals surface area (Å²) in [6.45, 7) is 0.596. The molecule has 0 saturated carbocycles. The van der Waals surface area contributed by atoms with Gasteiger partial charge in [-0.3, -0.25) is 4.98 Å². The van der Waals surface area contributed by atoms with Gasteiger partial charge in [0.25, 0.3) is 0 Å². The van der Waals surface area contributed by atoms with Crippen LogP contribution >= 0.6 is 0 Å². The first kappa shape index (κ1) is 17.4. The summed E-state index contributed by atoms with van der Waals surface area (Å²) in [7, 11) is 0.